The van der Waals surface area contributed by atoms with Crippen molar-refractivity contribution in [3.63, 3.8) is 0 Å². The molecule has 1 aromatic rings. The minimum absolute atomic E-state index is 0.203. The topological polar surface area (TPSA) is 99.3 Å². The van der Waals surface area contributed by atoms with Crippen LogP contribution in [-0.2, 0) is 14.4 Å². The molecule has 0 saturated heterocycles. The first-order chi connectivity index (χ1) is 10.3. The van der Waals surface area contributed by atoms with Gasteiger partial charge in [0.2, 0.25) is 11.8 Å². The lowest BCUT2D eigenvalue weighted by molar-refractivity contribution is -0.127. The van der Waals surface area contributed by atoms with Crippen LogP contribution < -0.4 is 21.5 Å². The summed E-state index contributed by atoms with van der Waals surface area (Å²) in [5, 5.41) is 5.44. The van der Waals surface area contributed by atoms with Gasteiger partial charge in [-0.3, -0.25) is 25.2 Å². The fraction of sp³-hybridized carbons (Fsp3) is 0.250. The molecule has 0 atom stereocenters. The molecule has 0 aromatic heterocycles. The Labute approximate surface area is 141 Å². The lowest BCUT2D eigenvalue weighted by Crippen LogP contribution is -2.43. The lowest BCUT2D eigenvalue weighted by atomic mass is 10.3. The van der Waals surface area contributed by atoms with Gasteiger partial charge in [-0.2, -0.15) is 0 Å². The van der Waals surface area contributed by atoms with E-state index in [1.54, 1.807) is 0 Å². The van der Waals surface area contributed by atoms with Crippen molar-refractivity contribution >= 4 is 58.2 Å². The SMILES string of the molecule is CC(=O)NCC(=O)NCC(=O)NNc1c(Cl)cc(Cl)cc1Cl. The Morgan fingerprint density at radius 3 is 2.05 bits per heavy atom. The van der Waals surface area contributed by atoms with Gasteiger partial charge in [0.05, 0.1) is 28.8 Å². The van der Waals surface area contributed by atoms with Gasteiger partial charge in [-0.25, -0.2) is 0 Å². The van der Waals surface area contributed by atoms with E-state index in [0.29, 0.717) is 5.02 Å². The van der Waals surface area contributed by atoms with E-state index in [2.05, 4.69) is 21.5 Å². The van der Waals surface area contributed by atoms with Crippen molar-refractivity contribution in [1.82, 2.24) is 16.1 Å². The number of nitrogens with one attached hydrogen (secondary N) is 4. The molecular formula is C12H13Cl3N4O3. The van der Waals surface area contributed by atoms with Crippen molar-refractivity contribution in [2.45, 2.75) is 6.92 Å². The summed E-state index contributed by atoms with van der Waals surface area (Å²) in [6.07, 6.45) is 0. The molecule has 0 spiro atoms. The van der Waals surface area contributed by atoms with E-state index in [-0.39, 0.29) is 34.7 Å². The minimum atomic E-state index is -0.529. The van der Waals surface area contributed by atoms with Gasteiger partial charge < -0.3 is 10.6 Å². The quantitative estimate of drug-likeness (QED) is 0.570. The van der Waals surface area contributed by atoms with Gasteiger partial charge in [0, 0.05) is 11.9 Å². The number of amides is 3. The molecule has 22 heavy (non-hydrogen) atoms. The van der Waals surface area contributed by atoms with Crippen molar-refractivity contribution in [2.24, 2.45) is 0 Å². The Morgan fingerprint density at radius 2 is 1.50 bits per heavy atom. The lowest BCUT2D eigenvalue weighted by Gasteiger charge is -2.12. The molecule has 1 aromatic carbocycles. The summed E-state index contributed by atoms with van der Waals surface area (Å²) in [6, 6.07) is 2.91. The van der Waals surface area contributed by atoms with Crippen molar-refractivity contribution < 1.29 is 14.4 Å². The summed E-state index contributed by atoms with van der Waals surface area (Å²) in [4.78, 5) is 33.5. The molecule has 10 heteroatoms. The maximum Gasteiger partial charge on any atom is 0.257 e. The van der Waals surface area contributed by atoms with Crippen molar-refractivity contribution in [1.29, 1.82) is 0 Å². The normalized spacial score (nSPS) is 9.82. The highest BCUT2D eigenvalue weighted by Crippen LogP contribution is 2.32. The number of hydrogen-bond donors (Lipinski definition) is 4. The Kier molecular flexibility index (Phi) is 7.23. The number of carbonyl (C=O) groups is 3. The van der Waals surface area contributed by atoms with Crippen molar-refractivity contribution in [2.75, 3.05) is 18.5 Å². The van der Waals surface area contributed by atoms with Gasteiger partial charge in [0.25, 0.3) is 5.91 Å². The minimum Gasteiger partial charge on any atom is -0.347 e. The molecule has 4 N–H and O–H groups in total. The van der Waals surface area contributed by atoms with Gasteiger partial charge in [0.15, 0.2) is 0 Å². The van der Waals surface area contributed by atoms with Crippen molar-refractivity contribution in [3.05, 3.63) is 27.2 Å². The highest BCUT2D eigenvalue weighted by Gasteiger charge is 2.10. The summed E-state index contributed by atoms with van der Waals surface area (Å²) in [6.45, 7) is 0.794. The van der Waals surface area contributed by atoms with Crippen LogP contribution in [0, 0.1) is 0 Å². The van der Waals surface area contributed by atoms with Gasteiger partial charge in [-0.05, 0) is 12.1 Å². The van der Waals surface area contributed by atoms with E-state index in [0.717, 1.165) is 0 Å². The van der Waals surface area contributed by atoms with E-state index in [4.69, 9.17) is 34.8 Å². The molecule has 0 bridgehead atoms. The van der Waals surface area contributed by atoms with Crippen LogP contribution in [0.1, 0.15) is 6.92 Å². The van der Waals surface area contributed by atoms with E-state index in [1.165, 1.54) is 19.1 Å². The van der Waals surface area contributed by atoms with Crippen LogP contribution >= 0.6 is 34.8 Å². The predicted molar refractivity (Wildman–Crippen MR) is 84.9 cm³/mol. The van der Waals surface area contributed by atoms with Crippen LogP contribution in [0.15, 0.2) is 12.1 Å². The number of hydrazine groups is 1. The molecular weight excluding hydrogens is 355 g/mol. The van der Waals surface area contributed by atoms with Gasteiger partial charge >= 0.3 is 0 Å². The smallest absolute Gasteiger partial charge is 0.257 e. The number of rotatable bonds is 6. The Bertz CT molecular complexity index is 572. The van der Waals surface area contributed by atoms with Crippen LogP contribution in [0.2, 0.25) is 15.1 Å². The maximum absolute atomic E-state index is 11.6. The average molecular weight is 368 g/mol. The number of carbonyl (C=O) groups excluding carboxylic acids is 3. The Hall–Kier alpha value is -1.70. The van der Waals surface area contributed by atoms with Crippen LogP contribution in [-0.4, -0.2) is 30.8 Å². The predicted octanol–water partition coefficient (Wildman–Crippen LogP) is 1.34. The van der Waals surface area contributed by atoms with Gasteiger partial charge in [-0.1, -0.05) is 34.8 Å². The van der Waals surface area contributed by atoms with Crippen LogP contribution in [0.5, 0.6) is 0 Å². The molecule has 0 aliphatic rings. The van der Waals surface area contributed by atoms with Crippen LogP contribution in [0.25, 0.3) is 0 Å². The number of benzene rings is 1. The fourth-order valence-electron chi connectivity index (χ4n) is 1.28. The second-order valence-electron chi connectivity index (χ2n) is 4.10. The fourth-order valence-corrected chi connectivity index (χ4v) is 2.20. The highest BCUT2D eigenvalue weighted by molar-refractivity contribution is 6.41. The number of halogens is 3. The molecule has 0 radical (unpaired) electrons. The molecule has 3 amide bonds. The average Bonchev–Trinajstić information content (AvgIpc) is 2.41. The van der Waals surface area contributed by atoms with E-state index >= 15 is 0 Å². The third kappa shape index (κ3) is 6.38. The third-order valence-electron chi connectivity index (χ3n) is 2.28. The first-order valence-corrected chi connectivity index (χ1v) is 7.13. The molecule has 1 rings (SSSR count). The molecule has 120 valence electrons. The standard InChI is InChI=1S/C12H13Cl3N4O3/c1-6(20)16-4-10(21)17-5-11(22)18-19-12-8(14)2-7(13)3-9(12)15/h2-3,19H,4-5H2,1H3,(H,16,20)(H,17,21)(H,18,22). The second kappa shape index (κ2) is 8.67. The summed E-state index contributed by atoms with van der Waals surface area (Å²) >= 11 is 17.6. The van der Waals surface area contributed by atoms with Gasteiger partial charge in [-0.15, -0.1) is 0 Å². The molecule has 0 fully saturated rings. The summed E-state index contributed by atoms with van der Waals surface area (Å²) in [5.74, 6) is -1.36. The molecule has 0 heterocycles. The van der Waals surface area contributed by atoms with Crippen LogP contribution in [0.4, 0.5) is 5.69 Å². The van der Waals surface area contributed by atoms with Crippen LogP contribution in [0.3, 0.4) is 0 Å². The molecule has 0 unspecified atom stereocenters. The van der Waals surface area contributed by atoms with E-state index in [9.17, 15) is 14.4 Å². The summed E-state index contributed by atoms with van der Waals surface area (Å²) in [5.41, 5.74) is 5.14. The molecule has 0 aliphatic heterocycles. The molecule has 7 nitrogen and oxygen atoms in total. The monoisotopic (exact) mass is 366 g/mol. The third-order valence-corrected chi connectivity index (χ3v) is 3.09. The zero-order valence-electron chi connectivity index (χ0n) is 11.4. The zero-order chi connectivity index (χ0) is 16.7. The summed E-state index contributed by atoms with van der Waals surface area (Å²) in [7, 11) is 0. The van der Waals surface area contributed by atoms with Crippen molar-refractivity contribution in [3.8, 4) is 0 Å². The Balaban J connectivity index is 2.41. The molecule has 0 aliphatic carbocycles. The molecule has 0 saturated carbocycles. The van der Waals surface area contributed by atoms with Gasteiger partial charge in [0.1, 0.15) is 0 Å². The largest absolute Gasteiger partial charge is 0.347 e. The Morgan fingerprint density at radius 1 is 0.955 bits per heavy atom. The first kappa shape index (κ1) is 18.3. The first-order valence-electron chi connectivity index (χ1n) is 6.00. The van der Waals surface area contributed by atoms with E-state index < -0.39 is 11.8 Å². The maximum atomic E-state index is 11.6. The number of anilines is 1. The summed E-state index contributed by atoms with van der Waals surface area (Å²) < 4.78 is 0. The number of hydrogen-bond acceptors (Lipinski definition) is 4. The highest BCUT2D eigenvalue weighted by atomic mass is 35.5. The van der Waals surface area contributed by atoms with E-state index in [1.807, 2.05) is 0 Å². The zero-order valence-corrected chi connectivity index (χ0v) is 13.7. The second-order valence-corrected chi connectivity index (χ2v) is 5.35.